The Morgan fingerprint density at radius 1 is 1.69 bits per heavy atom. The second-order valence-corrected chi connectivity index (χ2v) is 4.89. The van der Waals surface area contributed by atoms with Gasteiger partial charge in [-0.05, 0) is 12.3 Å². The van der Waals surface area contributed by atoms with E-state index in [2.05, 4.69) is 34.3 Å². The molecule has 0 spiro atoms. The zero-order valence-corrected chi connectivity index (χ0v) is 10.1. The lowest BCUT2D eigenvalue weighted by atomic mass is 10.1. The summed E-state index contributed by atoms with van der Waals surface area (Å²) in [5, 5.41) is 18.4. The maximum absolute atomic E-state index is 10.6. The van der Waals surface area contributed by atoms with E-state index in [1.807, 2.05) is 0 Å². The van der Waals surface area contributed by atoms with Gasteiger partial charge in [0.1, 0.15) is 6.33 Å². The normalized spacial score (nSPS) is 12.7. The Morgan fingerprint density at radius 2 is 2.44 bits per heavy atom. The first-order chi connectivity index (χ1) is 7.58. The summed E-state index contributed by atoms with van der Waals surface area (Å²) in [6.07, 6.45) is 1.27. The van der Waals surface area contributed by atoms with Crippen molar-refractivity contribution in [2.75, 3.05) is 5.75 Å². The molecule has 0 aliphatic heterocycles. The average Bonchev–Trinajstić information content (AvgIpc) is 2.64. The summed E-state index contributed by atoms with van der Waals surface area (Å²) in [6, 6.07) is -0.0624. The summed E-state index contributed by atoms with van der Waals surface area (Å²) in [7, 11) is 0. The molecule has 6 nitrogen and oxygen atoms in total. The Kier molecular flexibility index (Phi) is 5.10. The van der Waals surface area contributed by atoms with E-state index in [0.717, 1.165) is 6.42 Å². The SMILES string of the molecule is CC(C)C[C@@H](CSc1ncn[nH]1)NC(=O)O. The van der Waals surface area contributed by atoms with Crippen molar-refractivity contribution >= 4 is 17.9 Å². The first-order valence-corrected chi connectivity index (χ1v) is 6.04. The van der Waals surface area contributed by atoms with Crippen molar-refractivity contribution in [1.29, 1.82) is 0 Å². The smallest absolute Gasteiger partial charge is 0.404 e. The second-order valence-electron chi connectivity index (χ2n) is 3.88. The fourth-order valence-electron chi connectivity index (χ4n) is 1.36. The quantitative estimate of drug-likeness (QED) is 0.661. The van der Waals surface area contributed by atoms with Crippen LogP contribution in [0.5, 0.6) is 0 Å². The van der Waals surface area contributed by atoms with Crippen LogP contribution in [-0.2, 0) is 0 Å². The van der Waals surface area contributed by atoms with Crippen LogP contribution in [0.15, 0.2) is 11.5 Å². The number of amides is 1. The molecule has 3 N–H and O–H groups in total. The third-order valence-corrected chi connectivity index (χ3v) is 2.94. The van der Waals surface area contributed by atoms with Gasteiger partial charge in [-0.2, -0.15) is 5.10 Å². The van der Waals surface area contributed by atoms with Gasteiger partial charge in [-0.25, -0.2) is 9.78 Å². The predicted molar refractivity (Wildman–Crippen MR) is 61.5 cm³/mol. The topological polar surface area (TPSA) is 90.9 Å². The summed E-state index contributed by atoms with van der Waals surface area (Å²) < 4.78 is 0. The van der Waals surface area contributed by atoms with Gasteiger partial charge in [0.05, 0.1) is 0 Å². The lowest BCUT2D eigenvalue weighted by Gasteiger charge is -2.17. The Labute approximate surface area is 98.2 Å². The van der Waals surface area contributed by atoms with Crippen LogP contribution in [0.25, 0.3) is 0 Å². The molecule has 0 saturated heterocycles. The molecule has 0 aliphatic carbocycles. The van der Waals surface area contributed by atoms with E-state index in [4.69, 9.17) is 5.11 Å². The van der Waals surface area contributed by atoms with Gasteiger partial charge >= 0.3 is 6.09 Å². The van der Waals surface area contributed by atoms with Gasteiger partial charge in [0.15, 0.2) is 5.16 Å². The zero-order chi connectivity index (χ0) is 12.0. The molecule has 0 aromatic carbocycles. The van der Waals surface area contributed by atoms with Crippen molar-refractivity contribution in [3.63, 3.8) is 0 Å². The summed E-state index contributed by atoms with van der Waals surface area (Å²) in [5.41, 5.74) is 0. The third-order valence-electron chi connectivity index (χ3n) is 1.90. The number of aromatic amines is 1. The minimum absolute atomic E-state index is 0.0624. The van der Waals surface area contributed by atoms with Gasteiger partial charge in [0.2, 0.25) is 0 Å². The third kappa shape index (κ3) is 5.01. The molecule has 1 aromatic rings. The van der Waals surface area contributed by atoms with Gasteiger partial charge in [0.25, 0.3) is 0 Å². The second kappa shape index (κ2) is 6.37. The number of hydrogen-bond donors (Lipinski definition) is 3. The fourth-order valence-corrected chi connectivity index (χ4v) is 2.17. The summed E-state index contributed by atoms with van der Waals surface area (Å²) >= 11 is 1.46. The number of rotatable bonds is 6. The van der Waals surface area contributed by atoms with Crippen LogP contribution in [0.3, 0.4) is 0 Å². The maximum Gasteiger partial charge on any atom is 0.404 e. The number of nitrogens with one attached hydrogen (secondary N) is 2. The van der Waals surface area contributed by atoms with Crippen molar-refractivity contribution in [2.45, 2.75) is 31.5 Å². The largest absolute Gasteiger partial charge is 0.465 e. The number of nitrogens with zero attached hydrogens (tertiary/aromatic N) is 2. The molecule has 16 heavy (non-hydrogen) atoms. The first-order valence-electron chi connectivity index (χ1n) is 5.05. The van der Waals surface area contributed by atoms with Crippen LogP contribution >= 0.6 is 11.8 Å². The molecule has 1 amide bonds. The van der Waals surface area contributed by atoms with E-state index in [0.29, 0.717) is 16.8 Å². The van der Waals surface area contributed by atoms with Gasteiger partial charge in [0, 0.05) is 11.8 Å². The van der Waals surface area contributed by atoms with Crippen LogP contribution in [0.4, 0.5) is 4.79 Å². The van der Waals surface area contributed by atoms with E-state index >= 15 is 0 Å². The van der Waals surface area contributed by atoms with E-state index in [1.165, 1.54) is 18.1 Å². The van der Waals surface area contributed by atoms with E-state index < -0.39 is 6.09 Å². The maximum atomic E-state index is 10.6. The molecule has 1 atom stereocenters. The highest BCUT2D eigenvalue weighted by atomic mass is 32.2. The highest BCUT2D eigenvalue weighted by Gasteiger charge is 2.14. The molecule has 0 saturated carbocycles. The standard InChI is InChI=1S/C9H16N4O2S/c1-6(2)3-7(12-9(14)15)4-16-8-10-5-11-13-8/h5-7,12H,3-4H2,1-2H3,(H,14,15)(H,10,11,13)/t7-/m0/s1. The molecule has 0 unspecified atom stereocenters. The molecule has 1 heterocycles. The number of hydrogen-bond acceptors (Lipinski definition) is 4. The van der Waals surface area contributed by atoms with Crippen molar-refractivity contribution in [3.05, 3.63) is 6.33 Å². The van der Waals surface area contributed by atoms with Crippen LogP contribution in [0, 0.1) is 5.92 Å². The lowest BCUT2D eigenvalue weighted by Crippen LogP contribution is -2.36. The molecule has 0 radical (unpaired) electrons. The molecular weight excluding hydrogens is 228 g/mol. The summed E-state index contributed by atoms with van der Waals surface area (Å²) in [6.45, 7) is 4.13. The van der Waals surface area contributed by atoms with Crippen LogP contribution < -0.4 is 5.32 Å². The van der Waals surface area contributed by atoms with Crippen molar-refractivity contribution < 1.29 is 9.90 Å². The van der Waals surface area contributed by atoms with Crippen molar-refractivity contribution in [1.82, 2.24) is 20.5 Å². The minimum atomic E-state index is -0.983. The molecule has 1 rings (SSSR count). The summed E-state index contributed by atoms with van der Waals surface area (Å²) in [4.78, 5) is 14.6. The number of carbonyl (C=O) groups is 1. The van der Waals surface area contributed by atoms with E-state index in [9.17, 15) is 4.79 Å². The fraction of sp³-hybridized carbons (Fsp3) is 0.667. The van der Waals surface area contributed by atoms with Gasteiger partial charge in [-0.1, -0.05) is 25.6 Å². The monoisotopic (exact) mass is 244 g/mol. The first kappa shape index (κ1) is 12.8. The molecule has 0 aliphatic rings. The molecule has 90 valence electrons. The van der Waals surface area contributed by atoms with E-state index in [1.54, 1.807) is 0 Å². The highest BCUT2D eigenvalue weighted by Crippen LogP contribution is 2.16. The highest BCUT2D eigenvalue weighted by molar-refractivity contribution is 7.99. The molecule has 1 aromatic heterocycles. The number of H-pyrrole nitrogens is 1. The Morgan fingerprint density at radius 3 is 2.94 bits per heavy atom. The Balaban J connectivity index is 2.40. The molecule has 0 bridgehead atoms. The number of aromatic nitrogens is 3. The number of carboxylic acid groups (broad SMARTS) is 1. The van der Waals surface area contributed by atoms with Gasteiger partial charge in [-0.15, -0.1) is 0 Å². The molecule has 7 heteroatoms. The average molecular weight is 244 g/mol. The predicted octanol–water partition coefficient (Wildman–Crippen LogP) is 1.58. The molecular formula is C9H16N4O2S. The summed E-state index contributed by atoms with van der Waals surface area (Å²) in [5.74, 6) is 1.10. The van der Waals surface area contributed by atoms with Crippen LogP contribution in [0.1, 0.15) is 20.3 Å². The Hall–Kier alpha value is -1.24. The van der Waals surface area contributed by atoms with Gasteiger partial charge in [-0.3, -0.25) is 5.10 Å². The lowest BCUT2D eigenvalue weighted by molar-refractivity contribution is 0.189. The molecule has 0 fully saturated rings. The van der Waals surface area contributed by atoms with Crippen molar-refractivity contribution in [2.24, 2.45) is 5.92 Å². The Bertz CT molecular complexity index is 315. The zero-order valence-electron chi connectivity index (χ0n) is 9.30. The minimum Gasteiger partial charge on any atom is -0.465 e. The van der Waals surface area contributed by atoms with Crippen molar-refractivity contribution in [3.8, 4) is 0 Å². The van der Waals surface area contributed by atoms with E-state index in [-0.39, 0.29) is 6.04 Å². The van der Waals surface area contributed by atoms with Crippen LogP contribution in [-0.4, -0.2) is 38.2 Å². The van der Waals surface area contributed by atoms with Crippen LogP contribution in [0.2, 0.25) is 0 Å². The van der Waals surface area contributed by atoms with Gasteiger partial charge < -0.3 is 10.4 Å². The number of thioether (sulfide) groups is 1.